The summed E-state index contributed by atoms with van der Waals surface area (Å²) in [4.78, 5) is 46.2. The first-order valence-corrected chi connectivity index (χ1v) is 19.0. The molecule has 14 heteroatoms. The second-order valence-electron chi connectivity index (χ2n) is 15.3. The molecular weight excluding hydrogens is 736 g/mol. The van der Waals surface area contributed by atoms with Gasteiger partial charge in [0.05, 0.1) is 39.8 Å². The summed E-state index contributed by atoms with van der Waals surface area (Å²) in [5.74, 6) is 0.316. The third-order valence-corrected chi connectivity index (χ3v) is 11.9. The predicted octanol–water partition coefficient (Wildman–Crippen LogP) is 6.38. The first-order chi connectivity index (χ1) is 27.6. The van der Waals surface area contributed by atoms with Crippen molar-refractivity contribution in [3.05, 3.63) is 90.1 Å². The van der Waals surface area contributed by atoms with Crippen molar-refractivity contribution in [1.82, 2.24) is 24.8 Å². The first-order valence-electron chi connectivity index (χ1n) is 19.0. The van der Waals surface area contributed by atoms with Crippen LogP contribution in [0.4, 0.5) is 24.7 Å². The molecule has 2 unspecified atom stereocenters. The number of aromatic nitrogens is 3. The van der Waals surface area contributed by atoms with Gasteiger partial charge in [-0.1, -0.05) is 30.7 Å². The topological polar surface area (TPSA) is 124 Å². The number of rotatable bonds is 8. The number of nitrogens with one attached hydrogen (secondary N) is 1. The van der Waals surface area contributed by atoms with E-state index in [9.17, 15) is 19.1 Å². The lowest BCUT2D eigenvalue weighted by atomic mass is 9.95. The average Bonchev–Trinajstić information content (AvgIpc) is 3.83. The zero-order valence-corrected chi connectivity index (χ0v) is 30.9. The van der Waals surface area contributed by atoms with Gasteiger partial charge in [0, 0.05) is 43.2 Å². The van der Waals surface area contributed by atoms with Crippen LogP contribution in [0.15, 0.2) is 67.4 Å². The van der Waals surface area contributed by atoms with E-state index >= 15 is 8.78 Å². The second-order valence-corrected chi connectivity index (χ2v) is 15.3. The monoisotopic (exact) mass is 773 g/mol. The molecule has 9 rings (SSSR count). The number of hydrogen-bond donors (Lipinski definition) is 2. The minimum Gasteiger partial charge on any atom is -0.508 e. The van der Waals surface area contributed by atoms with Crippen LogP contribution in [0.1, 0.15) is 48.0 Å². The minimum absolute atomic E-state index is 0.0784. The molecule has 4 aliphatic rings. The molecule has 11 nitrogen and oxygen atoms in total. The number of benzene rings is 3. The maximum Gasteiger partial charge on any atom is 0.319 e. The highest BCUT2D eigenvalue weighted by molar-refractivity contribution is 6.07. The molecule has 2 N–H and O–H groups in total. The molecule has 5 aromatic rings. The highest BCUT2D eigenvalue weighted by Crippen LogP contribution is 2.43. The van der Waals surface area contributed by atoms with Crippen LogP contribution in [-0.4, -0.2) is 98.3 Å². The lowest BCUT2D eigenvalue weighted by Crippen LogP contribution is -2.56. The molecule has 3 aromatic carbocycles. The Kier molecular flexibility index (Phi) is 9.00. The molecule has 4 saturated heterocycles. The number of aromatic hydroxyl groups is 1. The quantitative estimate of drug-likeness (QED) is 0.137. The molecule has 57 heavy (non-hydrogen) atoms. The zero-order chi connectivity index (χ0) is 39.6. The number of fused-ring (bicyclic) bond motifs is 5. The molecule has 4 atom stereocenters. The lowest BCUT2D eigenvalue weighted by molar-refractivity contribution is -0.111. The molecule has 6 heterocycles. The number of ether oxygens (including phenoxy) is 1. The fraction of sp³-hybridized carbons (Fsp3) is 0.326. The number of amides is 2. The van der Waals surface area contributed by atoms with Crippen molar-refractivity contribution in [2.45, 2.75) is 55.9 Å². The summed E-state index contributed by atoms with van der Waals surface area (Å²) >= 11 is 0. The Balaban J connectivity index is 1.12. The number of nitrogens with zero attached hydrogens (tertiary/aromatic N) is 6. The Morgan fingerprint density at radius 1 is 1.11 bits per heavy atom. The summed E-state index contributed by atoms with van der Waals surface area (Å²) in [5.41, 5.74) is -0.146. The van der Waals surface area contributed by atoms with E-state index in [4.69, 9.17) is 16.1 Å². The number of alkyl halides is 1. The number of phenolic OH excluding ortho intramolecular Hbond substituents is 1. The first kappa shape index (κ1) is 36.4. The van der Waals surface area contributed by atoms with Crippen molar-refractivity contribution in [2.75, 3.05) is 43.0 Å². The number of halogens is 3. The van der Waals surface area contributed by atoms with Gasteiger partial charge in [0.1, 0.15) is 41.4 Å². The van der Waals surface area contributed by atoms with E-state index in [1.165, 1.54) is 30.5 Å². The molecular formula is C43H38F3N7O4. The molecule has 290 valence electrons. The Labute approximate surface area is 326 Å². The standard InChI is InChI=1S/C43H38F3N7O4/c1-3-29-33(45)13-10-24-16-28(54)17-31(36(24)29)38-37(46)39-32(19-47-38)40(50-42(49-39)57-23-43-14-7-15-52(43)20-25(44)18-43)51-21-26-11-12-27(22-51)53(26)41(56)30-8-5-6-9-34(30)48-35(55)4-2/h1,4-6,8-10,13,16-17,19,25-27,54H,2,7,11-12,14-15,18,20-23H2,(H,48,55)/t25-,26?,27?,43+/m1/s1. The molecule has 2 aromatic heterocycles. The van der Waals surface area contributed by atoms with E-state index in [0.717, 1.165) is 25.5 Å². The lowest BCUT2D eigenvalue weighted by Gasteiger charge is -2.42. The van der Waals surface area contributed by atoms with Crippen LogP contribution in [0.3, 0.4) is 0 Å². The fourth-order valence-corrected chi connectivity index (χ4v) is 9.42. The number of phenols is 1. The van der Waals surface area contributed by atoms with Crippen molar-refractivity contribution in [2.24, 2.45) is 0 Å². The molecule has 0 radical (unpaired) electrons. The molecule has 2 bridgehead atoms. The third kappa shape index (κ3) is 6.17. The molecule has 4 fully saturated rings. The number of terminal acetylenes is 1. The second kappa shape index (κ2) is 14.1. The van der Waals surface area contributed by atoms with E-state index in [1.54, 1.807) is 24.3 Å². The van der Waals surface area contributed by atoms with Crippen LogP contribution in [-0.2, 0) is 4.79 Å². The van der Waals surface area contributed by atoms with Gasteiger partial charge in [-0.25, -0.2) is 13.2 Å². The SMILES string of the molecule is C#Cc1c(F)ccc2cc(O)cc(-c3ncc4c(N5CC6CCC(C5)N6C(=O)c5ccccc5NC(=O)C=C)nc(OC[C@@]56CCCN5C[C@H](F)C6)nc4c3F)c12. The smallest absolute Gasteiger partial charge is 0.319 e. The van der Waals surface area contributed by atoms with Crippen LogP contribution < -0.4 is 15.0 Å². The van der Waals surface area contributed by atoms with Crippen molar-refractivity contribution >= 4 is 45.0 Å². The molecule has 0 aliphatic carbocycles. The summed E-state index contributed by atoms with van der Waals surface area (Å²) in [7, 11) is 0. The van der Waals surface area contributed by atoms with Gasteiger partial charge in [-0.15, -0.1) is 6.42 Å². The summed E-state index contributed by atoms with van der Waals surface area (Å²) < 4.78 is 53.1. The normalized spacial score (nSPS) is 22.8. The fourth-order valence-electron chi connectivity index (χ4n) is 9.42. The molecule has 0 spiro atoms. The van der Waals surface area contributed by atoms with Crippen molar-refractivity contribution in [3.8, 4) is 35.4 Å². The Morgan fingerprint density at radius 3 is 2.67 bits per heavy atom. The highest BCUT2D eigenvalue weighted by Gasteiger charge is 2.50. The van der Waals surface area contributed by atoms with E-state index < -0.39 is 29.3 Å². The van der Waals surface area contributed by atoms with Crippen molar-refractivity contribution in [3.63, 3.8) is 0 Å². The van der Waals surface area contributed by atoms with E-state index in [2.05, 4.69) is 32.7 Å². The number of carbonyl (C=O) groups excluding carboxylic acids is 2. The Morgan fingerprint density at radius 2 is 1.89 bits per heavy atom. The van der Waals surface area contributed by atoms with Gasteiger partial charge in [0.25, 0.3) is 5.91 Å². The Hall–Kier alpha value is -6.20. The number of carbonyl (C=O) groups is 2. The zero-order valence-electron chi connectivity index (χ0n) is 30.9. The predicted molar refractivity (Wildman–Crippen MR) is 209 cm³/mol. The maximum atomic E-state index is 17.2. The number of piperazine rings is 1. The Bertz CT molecular complexity index is 2530. The van der Waals surface area contributed by atoms with Gasteiger partial charge in [-0.05, 0) is 74.0 Å². The summed E-state index contributed by atoms with van der Waals surface area (Å²) in [6.45, 7) is 5.40. The molecule has 4 aliphatic heterocycles. The summed E-state index contributed by atoms with van der Waals surface area (Å²) in [5, 5.41) is 14.3. The van der Waals surface area contributed by atoms with E-state index in [0.29, 0.717) is 61.4 Å². The van der Waals surface area contributed by atoms with Gasteiger partial charge in [0.15, 0.2) is 5.82 Å². The summed E-state index contributed by atoms with van der Waals surface area (Å²) in [6.07, 6.45) is 10.7. The molecule has 2 amide bonds. The number of pyridine rings is 1. The van der Waals surface area contributed by atoms with Crippen molar-refractivity contribution < 1.29 is 32.6 Å². The van der Waals surface area contributed by atoms with Crippen LogP contribution in [0.25, 0.3) is 32.9 Å². The van der Waals surface area contributed by atoms with Gasteiger partial charge in [-0.3, -0.25) is 19.5 Å². The summed E-state index contributed by atoms with van der Waals surface area (Å²) in [6, 6.07) is 11.6. The van der Waals surface area contributed by atoms with Gasteiger partial charge in [-0.2, -0.15) is 9.97 Å². The van der Waals surface area contributed by atoms with E-state index in [1.807, 2.05) is 9.80 Å². The van der Waals surface area contributed by atoms with Crippen LogP contribution in [0.5, 0.6) is 11.8 Å². The highest BCUT2D eigenvalue weighted by atomic mass is 19.1. The van der Waals surface area contributed by atoms with Crippen LogP contribution >= 0.6 is 0 Å². The largest absolute Gasteiger partial charge is 0.508 e. The van der Waals surface area contributed by atoms with E-state index in [-0.39, 0.29) is 69.5 Å². The number of hydrogen-bond acceptors (Lipinski definition) is 9. The maximum absolute atomic E-state index is 17.2. The van der Waals surface area contributed by atoms with Gasteiger partial charge >= 0.3 is 6.01 Å². The average molecular weight is 774 g/mol. The number of anilines is 2. The van der Waals surface area contributed by atoms with Crippen molar-refractivity contribution in [1.29, 1.82) is 0 Å². The minimum atomic E-state index is -0.984. The van der Waals surface area contributed by atoms with Crippen LogP contribution in [0.2, 0.25) is 0 Å². The third-order valence-electron chi connectivity index (χ3n) is 11.9. The van der Waals surface area contributed by atoms with Gasteiger partial charge < -0.3 is 25.0 Å². The van der Waals surface area contributed by atoms with Crippen LogP contribution in [0, 0.1) is 24.0 Å². The molecule has 0 saturated carbocycles. The van der Waals surface area contributed by atoms with Gasteiger partial charge in [0.2, 0.25) is 5.91 Å². The number of para-hydroxylation sites is 1.